The number of aliphatic carboxylic acids is 3. The van der Waals surface area contributed by atoms with Crippen molar-refractivity contribution in [2.75, 3.05) is 18.8 Å². The van der Waals surface area contributed by atoms with Crippen LogP contribution in [0, 0.1) is 0 Å². The lowest BCUT2D eigenvalue weighted by Crippen LogP contribution is -2.49. The number of carboxylic acids is 3. The molecule has 11 N–H and O–H groups in total. The standard InChI is InChI=1S/C10H17N3O6S.C5H12N2O2/c11-5(10(18)19)1-2-7(14)13-6(4-20)9(17)12-3-8(15)16;6-3-1-2-4(7)5(8)9/h5-6,20H,1-4,11H2,(H,12,17)(H,13,14)(H,15,16)(H,18,19);4H,1-3,6-7H2,(H,8,9)/t5-,6-;4-/m01/s1. The second-order valence-corrected chi connectivity index (χ2v) is 6.14. The Morgan fingerprint density at radius 2 is 1.45 bits per heavy atom. The Balaban J connectivity index is 0. The number of carbonyl (C=O) groups excluding carboxylic acids is 2. The van der Waals surface area contributed by atoms with Gasteiger partial charge in [-0.2, -0.15) is 12.6 Å². The number of thiol groups is 1. The van der Waals surface area contributed by atoms with Gasteiger partial charge in [0.2, 0.25) is 11.8 Å². The molecule has 3 atom stereocenters. The van der Waals surface area contributed by atoms with E-state index in [9.17, 15) is 24.0 Å². The van der Waals surface area contributed by atoms with Gasteiger partial charge in [0.25, 0.3) is 0 Å². The summed E-state index contributed by atoms with van der Waals surface area (Å²) in [6, 6.07) is -2.89. The molecule has 2 amide bonds. The van der Waals surface area contributed by atoms with Crippen LogP contribution >= 0.6 is 12.6 Å². The van der Waals surface area contributed by atoms with Gasteiger partial charge in [-0.3, -0.25) is 24.0 Å². The average molecular weight is 439 g/mol. The van der Waals surface area contributed by atoms with Crippen LogP contribution in [0.3, 0.4) is 0 Å². The van der Waals surface area contributed by atoms with Crippen molar-refractivity contribution in [1.29, 1.82) is 0 Å². The first-order valence-corrected chi connectivity index (χ1v) is 9.16. The van der Waals surface area contributed by atoms with Crippen molar-refractivity contribution in [1.82, 2.24) is 10.6 Å². The SMILES string of the molecule is NCCC[C@@H](N)C(=O)O.N[C@@H](CCC(=O)N[C@@H](CS)C(=O)NCC(=O)O)C(=O)O. The molecule has 0 rings (SSSR count). The lowest BCUT2D eigenvalue weighted by atomic mass is 10.1. The van der Waals surface area contributed by atoms with Gasteiger partial charge in [0.15, 0.2) is 0 Å². The van der Waals surface area contributed by atoms with Gasteiger partial charge in [-0.1, -0.05) is 0 Å². The number of rotatable bonds is 13. The Morgan fingerprint density at radius 1 is 0.931 bits per heavy atom. The number of carboxylic acid groups (broad SMARTS) is 3. The van der Waals surface area contributed by atoms with E-state index in [1.165, 1.54) is 0 Å². The summed E-state index contributed by atoms with van der Waals surface area (Å²) in [7, 11) is 0. The fraction of sp³-hybridized carbons (Fsp3) is 0.667. The fourth-order valence-electron chi connectivity index (χ4n) is 1.62. The van der Waals surface area contributed by atoms with Crippen molar-refractivity contribution in [3.05, 3.63) is 0 Å². The maximum Gasteiger partial charge on any atom is 0.322 e. The maximum absolute atomic E-state index is 11.5. The summed E-state index contributed by atoms with van der Waals surface area (Å²) in [6.45, 7) is -0.0656. The van der Waals surface area contributed by atoms with E-state index in [-0.39, 0.29) is 18.6 Å². The van der Waals surface area contributed by atoms with Gasteiger partial charge >= 0.3 is 17.9 Å². The summed E-state index contributed by atoms with van der Waals surface area (Å²) in [5.74, 6) is -4.66. The quantitative estimate of drug-likeness (QED) is 0.130. The van der Waals surface area contributed by atoms with E-state index in [1.807, 2.05) is 0 Å². The lowest BCUT2D eigenvalue weighted by molar-refractivity contribution is -0.139. The molecular weight excluding hydrogens is 410 g/mol. The molecule has 0 aromatic heterocycles. The number of nitrogens with one attached hydrogen (secondary N) is 2. The molecule has 0 radical (unpaired) electrons. The van der Waals surface area contributed by atoms with Crippen LogP contribution in [0.4, 0.5) is 0 Å². The highest BCUT2D eigenvalue weighted by atomic mass is 32.1. The third kappa shape index (κ3) is 16.3. The largest absolute Gasteiger partial charge is 0.480 e. The van der Waals surface area contributed by atoms with Gasteiger partial charge in [-0.25, -0.2) is 0 Å². The Labute approximate surface area is 172 Å². The Morgan fingerprint density at radius 3 is 1.86 bits per heavy atom. The topological polar surface area (TPSA) is 248 Å². The summed E-state index contributed by atoms with van der Waals surface area (Å²) in [4.78, 5) is 53.8. The molecule has 14 heteroatoms. The monoisotopic (exact) mass is 439 g/mol. The Kier molecular flexibility index (Phi) is 16.4. The predicted molar refractivity (Wildman–Crippen MR) is 105 cm³/mol. The summed E-state index contributed by atoms with van der Waals surface area (Å²) in [6.07, 6.45) is 0.903. The Bertz CT molecular complexity index is 563. The molecule has 0 heterocycles. The molecule has 29 heavy (non-hydrogen) atoms. The van der Waals surface area contributed by atoms with Crippen molar-refractivity contribution in [2.45, 2.75) is 43.8 Å². The van der Waals surface area contributed by atoms with Gasteiger partial charge < -0.3 is 43.2 Å². The highest BCUT2D eigenvalue weighted by Crippen LogP contribution is 1.97. The van der Waals surface area contributed by atoms with E-state index in [0.29, 0.717) is 19.4 Å². The Hall–Kier alpha value is -2.42. The van der Waals surface area contributed by atoms with Crippen LogP contribution in [0.25, 0.3) is 0 Å². The van der Waals surface area contributed by atoms with Gasteiger partial charge in [-0.15, -0.1) is 0 Å². The summed E-state index contributed by atoms with van der Waals surface area (Å²) < 4.78 is 0. The molecule has 0 aromatic carbocycles. The van der Waals surface area contributed by atoms with E-state index in [4.69, 9.17) is 32.5 Å². The summed E-state index contributed by atoms with van der Waals surface area (Å²) in [5, 5.41) is 29.6. The van der Waals surface area contributed by atoms with E-state index in [0.717, 1.165) is 0 Å². The van der Waals surface area contributed by atoms with Crippen LogP contribution in [0.5, 0.6) is 0 Å². The molecule has 0 aliphatic carbocycles. The average Bonchev–Trinajstić information content (AvgIpc) is 2.66. The van der Waals surface area contributed by atoms with Crippen LogP contribution in [0.2, 0.25) is 0 Å². The number of carbonyl (C=O) groups is 5. The lowest BCUT2D eigenvalue weighted by Gasteiger charge is -2.16. The van der Waals surface area contributed by atoms with Crippen LogP contribution < -0.4 is 27.8 Å². The second kappa shape index (κ2) is 16.5. The maximum atomic E-state index is 11.5. The number of nitrogens with two attached hydrogens (primary N) is 3. The van der Waals surface area contributed by atoms with Crippen molar-refractivity contribution in [3.63, 3.8) is 0 Å². The fourth-order valence-corrected chi connectivity index (χ4v) is 1.87. The van der Waals surface area contributed by atoms with Crippen molar-refractivity contribution >= 4 is 42.4 Å². The summed E-state index contributed by atoms with van der Waals surface area (Å²) in [5.41, 5.74) is 15.5. The second-order valence-electron chi connectivity index (χ2n) is 5.77. The minimum Gasteiger partial charge on any atom is -0.480 e. The molecule has 0 aromatic rings. The first-order valence-electron chi connectivity index (χ1n) is 8.52. The molecular formula is C15H29N5O8S. The van der Waals surface area contributed by atoms with E-state index < -0.39 is 54.4 Å². The predicted octanol–water partition coefficient (Wildman–Crippen LogP) is -3.07. The number of hydrogen-bond acceptors (Lipinski definition) is 9. The molecule has 0 fully saturated rings. The normalized spacial score (nSPS) is 13.1. The van der Waals surface area contributed by atoms with Gasteiger partial charge in [0.05, 0.1) is 0 Å². The molecule has 0 unspecified atom stereocenters. The van der Waals surface area contributed by atoms with Gasteiger partial charge in [0.1, 0.15) is 24.7 Å². The van der Waals surface area contributed by atoms with Crippen molar-refractivity contribution in [2.24, 2.45) is 17.2 Å². The zero-order valence-electron chi connectivity index (χ0n) is 15.7. The zero-order valence-corrected chi connectivity index (χ0v) is 16.6. The molecule has 13 nitrogen and oxygen atoms in total. The van der Waals surface area contributed by atoms with Gasteiger partial charge in [-0.05, 0) is 25.8 Å². The molecule has 0 aliphatic rings. The first kappa shape index (κ1) is 28.8. The number of amides is 2. The highest BCUT2D eigenvalue weighted by molar-refractivity contribution is 7.80. The molecule has 0 saturated heterocycles. The highest BCUT2D eigenvalue weighted by Gasteiger charge is 2.20. The molecule has 0 bridgehead atoms. The summed E-state index contributed by atoms with van der Waals surface area (Å²) >= 11 is 3.87. The molecule has 0 spiro atoms. The van der Waals surface area contributed by atoms with Gasteiger partial charge in [0, 0.05) is 12.2 Å². The van der Waals surface area contributed by atoms with Crippen LogP contribution in [-0.2, 0) is 24.0 Å². The van der Waals surface area contributed by atoms with Crippen LogP contribution in [0.15, 0.2) is 0 Å². The van der Waals surface area contributed by atoms with Crippen molar-refractivity contribution < 1.29 is 39.3 Å². The molecule has 0 saturated carbocycles. The third-order valence-electron chi connectivity index (χ3n) is 3.28. The van der Waals surface area contributed by atoms with E-state index >= 15 is 0 Å². The number of hydrogen-bond donors (Lipinski definition) is 9. The van der Waals surface area contributed by atoms with E-state index in [2.05, 4.69) is 23.3 Å². The molecule has 168 valence electrons. The van der Waals surface area contributed by atoms with Crippen molar-refractivity contribution in [3.8, 4) is 0 Å². The smallest absolute Gasteiger partial charge is 0.322 e. The zero-order chi connectivity index (χ0) is 23.0. The molecule has 0 aliphatic heterocycles. The van der Waals surface area contributed by atoms with E-state index in [1.54, 1.807) is 0 Å². The van der Waals surface area contributed by atoms with Crippen LogP contribution in [-0.4, -0.2) is 82.0 Å². The third-order valence-corrected chi connectivity index (χ3v) is 3.65. The minimum atomic E-state index is -1.22. The minimum absolute atomic E-state index is 0.0256. The first-order chi connectivity index (χ1) is 13.5. The van der Waals surface area contributed by atoms with Crippen LogP contribution in [0.1, 0.15) is 25.7 Å².